The van der Waals surface area contributed by atoms with Crippen LogP contribution in [0.3, 0.4) is 0 Å². The zero-order valence-electron chi connectivity index (χ0n) is 59.4. The van der Waals surface area contributed by atoms with Crippen LogP contribution in [0.2, 0.25) is 0 Å². The monoisotopic (exact) mass is 1380 g/mol. The Morgan fingerprint density at radius 2 is 0.429 bits per heavy atom. The molecular formula is C80H112F6O12. The van der Waals surface area contributed by atoms with Crippen molar-refractivity contribution in [1.29, 1.82) is 0 Å². The lowest BCUT2D eigenvalue weighted by Gasteiger charge is -2.27. The average molecular weight is 1380 g/mol. The molecule has 98 heavy (non-hydrogen) atoms. The smallest absolute Gasteiger partial charge is 0.314 e. The molecule has 0 bridgehead atoms. The summed E-state index contributed by atoms with van der Waals surface area (Å²) in [7, 11) is 0. The van der Waals surface area contributed by atoms with Crippen LogP contribution in [0.15, 0.2) is 36.4 Å². The first-order chi connectivity index (χ1) is 47.3. The molecule has 0 aliphatic heterocycles. The number of esters is 6. The minimum absolute atomic E-state index is 0.286. The zero-order valence-corrected chi connectivity index (χ0v) is 59.4. The highest BCUT2D eigenvalue weighted by Crippen LogP contribution is 2.41. The molecule has 6 fully saturated rings. The molecule has 0 heterocycles. The molecule has 3 aromatic rings. The van der Waals surface area contributed by atoms with Crippen molar-refractivity contribution in [3.8, 4) is 34.5 Å². The summed E-state index contributed by atoms with van der Waals surface area (Å²) in [5, 5.41) is 0. The third kappa shape index (κ3) is 23.9. The molecule has 0 aromatic heterocycles. The van der Waals surface area contributed by atoms with Gasteiger partial charge in [-0.2, -0.15) is 26.3 Å². The van der Waals surface area contributed by atoms with Gasteiger partial charge in [0, 0.05) is 0 Å². The van der Waals surface area contributed by atoms with Crippen LogP contribution in [0.5, 0.6) is 34.5 Å². The third-order valence-corrected chi connectivity index (χ3v) is 22.4. The predicted octanol–water partition coefficient (Wildman–Crippen LogP) is 21.7. The number of hydrogen-bond acceptors (Lipinski definition) is 12. The summed E-state index contributed by atoms with van der Waals surface area (Å²) in [6.07, 6.45) is 36.5. The van der Waals surface area contributed by atoms with Gasteiger partial charge in [0.05, 0.1) is 35.5 Å². The maximum atomic E-state index is 14.7. The van der Waals surface area contributed by atoms with Crippen molar-refractivity contribution in [3.05, 3.63) is 71.3 Å². The number of halogens is 6. The summed E-state index contributed by atoms with van der Waals surface area (Å²) < 4.78 is 118. The van der Waals surface area contributed by atoms with E-state index >= 15 is 0 Å². The maximum absolute atomic E-state index is 14.7. The lowest BCUT2D eigenvalue weighted by atomic mass is 9.80. The van der Waals surface area contributed by atoms with E-state index in [9.17, 15) is 55.1 Å². The molecular weight excluding hydrogens is 1270 g/mol. The zero-order chi connectivity index (χ0) is 70.7. The fraction of sp³-hybridized carbons (Fsp3) is 0.700. The van der Waals surface area contributed by atoms with E-state index in [0.29, 0.717) is 86.9 Å². The number of carbonyl (C=O) groups excluding carboxylic acids is 6. The summed E-state index contributed by atoms with van der Waals surface area (Å²) in [6, 6.07) is 7.01. The van der Waals surface area contributed by atoms with Gasteiger partial charge in [0.2, 0.25) is 34.9 Å². The number of hydrogen-bond donors (Lipinski definition) is 0. The second-order valence-corrected chi connectivity index (χ2v) is 29.3. The fourth-order valence-corrected chi connectivity index (χ4v) is 15.7. The van der Waals surface area contributed by atoms with Gasteiger partial charge in [0.25, 0.3) is 0 Å². The molecule has 3 aromatic carbocycles. The Hall–Kier alpha value is -5.94. The molecule has 6 saturated carbocycles. The highest BCUT2D eigenvalue weighted by molar-refractivity contribution is 5.79. The van der Waals surface area contributed by atoms with E-state index in [2.05, 4.69) is 41.5 Å². The van der Waals surface area contributed by atoms with Crippen molar-refractivity contribution in [1.82, 2.24) is 0 Å². The SMILES string of the molecule is CCC1CCC(C(=O)Oc2ccc(OC(=O)C3CCC(CC)CC3)c(F)c2F)CC1.CCCC1CCC(C(=O)Oc2ccc(OC(=O)C3CCC(CCC)CC3)c(F)c2F)CC1.CCCCCC1CCC(C(=O)Oc2ccc(OC(=O)C3CCC(CCCCC)CC3)c(F)c2F)CC1. The molecule has 12 nitrogen and oxygen atoms in total. The number of unbranched alkanes of at least 4 members (excludes halogenated alkanes) is 4. The normalized spacial score (nSPS) is 25.6. The Morgan fingerprint density at radius 3 is 0.592 bits per heavy atom. The van der Waals surface area contributed by atoms with Crippen LogP contribution >= 0.6 is 0 Å². The van der Waals surface area contributed by atoms with E-state index in [-0.39, 0.29) is 35.5 Å². The molecule has 6 aliphatic rings. The first kappa shape index (κ1) is 79.4. The number of ether oxygens (including phenoxy) is 6. The Bertz CT molecular complexity index is 2800. The molecule has 0 N–H and O–H groups in total. The van der Waals surface area contributed by atoms with Gasteiger partial charge in [-0.15, -0.1) is 0 Å². The molecule has 18 heteroatoms. The number of rotatable bonds is 26. The van der Waals surface area contributed by atoms with E-state index in [0.717, 1.165) is 153 Å². The lowest BCUT2D eigenvalue weighted by molar-refractivity contribution is -0.141. The quantitative estimate of drug-likeness (QED) is 0.0325. The van der Waals surface area contributed by atoms with Gasteiger partial charge in [-0.3, -0.25) is 28.8 Å². The van der Waals surface area contributed by atoms with Gasteiger partial charge in [0.15, 0.2) is 34.5 Å². The van der Waals surface area contributed by atoms with Crippen molar-refractivity contribution < 1.29 is 83.5 Å². The molecule has 0 spiro atoms. The maximum Gasteiger partial charge on any atom is 0.314 e. The predicted molar refractivity (Wildman–Crippen MR) is 364 cm³/mol. The van der Waals surface area contributed by atoms with Gasteiger partial charge in [-0.25, -0.2) is 0 Å². The first-order valence-electron chi connectivity index (χ1n) is 38.0. The minimum Gasteiger partial charge on any atom is -0.423 e. The van der Waals surface area contributed by atoms with Crippen LogP contribution in [0.25, 0.3) is 0 Å². The molecule has 0 radical (unpaired) electrons. The second-order valence-electron chi connectivity index (χ2n) is 29.3. The van der Waals surface area contributed by atoms with Gasteiger partial charge in [0.1, 0.15) is 0 Å². The highest BCUT2D eigenvalue weighted by atomic mass is 19.2. The van der Waals surface area contributed by atoms with Crippen molar-refractivity contribution in [2.75, 3.05) is 0 Å². The van der Waals surface area contributed by atoms with Crippen molar-refractivity contribution in [2.45, 2.75) is 286 Å². The Kier molecular flexibility index (Phi) is 33.3. The molecule has 546 valence electrons. The molecule has 0 amide bonds. The summed E-state index contributed by atoms with van der Waals surface area (Å²) >= 11 is 0. The summed E-state index contributed by atoms with van der Waals surface area (Å²) in [6.45, 7) is 12.9. The average Bonchev–Trinajstić information content (AvgIpc) is 0.833. The summed E-state index contributed by atoms with van der Waals surface area (Å²) in [5.41, 5.74) is 0. The van der Waals surface area contributed by atoms with Crippen LogP contribution in [0.1, 0.15) is 286 Å². The lowest BCUT2D eigenvalue weighted by Crippen LogP contribution is -2.27. The molecule has 0 saturated heterocycles. The number of carbonyl (C=O) groups is 6. The van der Waals surface area contributed by atoms with Crippen molar-refractivity contribution >= 4 is 35.8 Å². The second kappa shape index (κ2) is 41.1. The van der Waals surface area contributed by atoms with E-state index in [1.807, 2.05) is 0 Å². The topological polar surface area (TPSA) is 158 Å². The van der Waals surface area contributed by atoms with Crippen molar-refractivity contribution in [3.63, 3.8) is 0 Å². The fourth-order valence-electron chi connectivity index (χ4n) is 15.7. The highest BCUT2D eigenvalue weighted by Gasteiger charge is 2.36. The molecule has 9 rings (SSSR count). The molecule has 6 aliphatic carbocycles. The van der Waals surface area contributed by atoms with Gasteiger partial charge in [-0.05, 0) is 226 Å². The van der Waals surface area contributed by atoms with E-state index in [1.54, 1.807) is 0 Å². The first-order valence-corrected chi connectivity index (χ1v) is 38.0. The van der Waals surface area contributed by atoms with Gasteiger partial charge >= 0.3 is 35.8 Å². The Morgan fingerprint density at radius 1 is 0.255 bits per heavy atom. The van der Waals surface area contributed by atoms with Crippen LogP contribution in [0, 0.1) is 106 Å². The van der Waals surface area contributed by atoms with E-state index in [4.69, 9.17) is 28.4 Å². The Labute approximate surface area is 579 Å². The Balaban J connectivity index is 0.000000208. The van der Waals surface area contributed by atoms with E-state index < -0.39 is 105 Å². The van der Waals surface area contributed by atoms with Gasteiger partial charge in [-0.1, -0.05) is 131 Å². The molecule has 0 unspecified atom stereocenters. The van der Waals surface area contributed by atoms with Crippen molar-refractivity contribution in [2.24, 2.45) is 71.0 Å². The van der Waals surface area contributed by atoms with Gasteiger partial charge < -0.3 is 28.4 Å². The van der Waals surface area contributed by atoms with E-state index in [1.165, 1.54) is 75.6 Å². The minimum atomic E-state index is -1.30. The van der Waals surface area contributed by atoms with Crippen LogP contribution in [-0.2, 0) is 28.8 Å². The summed E-state index contributed by atoms with van der Waals surface area (Å²) in [4.78, 5) is 74.7. The molecule has 0 atom stereocenters. The largest absolute Gasteiger partial charge is 0.423 e. The number of benzene rings is 3. The van der Waals surface area contributed by atoms with Crippen LogP contribution in [-0.4, -0.2) is 35.8 Å². The van der Waals surface area contributed by atoms with Crippen LogP contribution in [0.4, 0.5) is 26.3 Å². The van der Waals surface area contributed by atoms with Crippen LogP contribution < -0.4 is 28.4 Å². The third-order valence-electron chi connectivity index (χ3n) is 22.4. The standard InChI is InChI=1S/C30H44F2O4.C26H36F2O4.C24H32F2O4/c1-3-5-7-9-21-11-15-23(16-12-21)29(33)35-25-19-20-26(28(32)27(25)31)36-30(34)24-17-13-22(14-18-24)10-8-6-4-2;1-3-5-17-7-11-19(12-8-17)25(29)31-21-15-16-22(24(28)23(21)27)32-26(30)20-13-9-18(6-4-2)10-14-20;1-3-15-5-9-17(10-6-15)23(27)29-19-13-14-20(22(26)21(19)25)30-24(28)18-11-7-16(4-2)8-12-18/h19-24H,3-18H2,1-2H3;15-20H,3-14H2,1-2H3;13-18H,3-12H2,1-2H3. The summed E-state index contributed by atoms with van der Waals surface area (Å²) in [5.74, 6) is -11.6.